The summed E-state index contributed by atoms with van der Waals surface area (Å²) in [4.78, 5) is 23.4. The molecule has 0 saturated heterocycles. The predicted molar refractivity (Wildman–Crippen MR) is 93.1 cm³/mol. The molecule has 2 aromatic carbocycles. The number of carboxylic acid groups (broad SMARTS) is 1. The van der Waals surface area contributed by atoms with Crippen LogP contribution in [0.15, 0.2) is 48.5 Å². The molecule has 0 aromatic heterocycles. The van der Waals surface area contributed by atoms with E-state index in [9.17, 15) is 9.59 Å². The first-order valence-corrected chi connectivity index (χ1v) is 8.31. The molecule has 1 atom stereocenters. The summed E-state index contributed by atoms with van der Waals surface area (Å²) < 4.78 is 0. The van der Waals surface area contributed by atoms with E-state index in [0.29, 0.717) is 17.7 Å². The summed E-state index contributed by atoms with van der Waals surface area (Å²) in [6.45, 7) is 0. The molecule has 3 rings (SSSR count). The average molecular weight is 323 g/mol. The third kappa shape index (κ3) is 3.82. The number of benzene rings is 2. The van der Waals surface area contributed by atoms with Crippen LogP contribution in [0.3, 0.4) is 0 Å². The first-order chi connectivity index (χ1) is 11.6. The molecule has 1 amide bonds. The minimum Gasteiger partial charge on any atom is -0.481 e. The molecule has 4 heteroatoms. The zero-order valence-electron chi connectivity index (χ0n) is 13.5. The summed E-state index contributed by atoms with van der Waals surface area (Å²) >= 11 is 0. The molecule has 24 heavy (non-hydrogen) atoms. The van der Waals surface area contributed by atoms with E-state index in [1.54, 1.807) is 24.3 Å². The molecule has 0 aliphatic heterocycles. The van der Waals surface area contributed by atoms with E-state index in [2.05, 4.69) is 17.4 Å². The van der Waals surface area contributed by atoms with E-state index in [-0.39, 0.29) is 18.2 Å². The maximum atomic E-state index is 12.5. The highest BCUT2D eigenvalue weighted by atomic mass is 16.4. The molecule has 2 aromatic rings. The van der Waals surface area contributed by atoms with Crippen LogP contribution in [0.2, 0.25) is 0 Å². The number of amides is 1. The van der Waals surface area contributed by atoms with Crippen LogP contribution in [0.5, 0.6) is 0 Å². The smallest absolute Gasteiger partial charge is 0.307 e. The van der Waals surface area contributed by atoms with Crippen molar-refractivity contribution in [2.75, 3.05) is 5.32 Å². The van der Waals surface area contributed by atoms with Gasteiger partial charge in [-0.1, -0.05) is 42.5 Å². The lowest BCUT2D eigenvalue weighted by atomic mass is 9.81. The number of aryl methyl sites for hydroxylation is 1. The lowest BCUT2D eigenvalue weighted by Crippen LogP contribution is -2.19. The molecule has 0 bridgehead atoms. The maximum Gasteiger partial charge on any atom is 0.307 e. The van der Waals surface area contributed by atoms with Crippen molar-refractivity contribution in [1.29, 1.82) is 0 Å². The lowest BCUT2D eigenvalue weighted by molar-refractivity contribution is -0.136. The highest BCUT2D eigenvalue weighted by Crippen LogP contribution is 2.34. The van der Waals surface area contributed by atoms with Crippen molar-refractivity contribution in [1.82, 2.24) is 0 Å². The van der Waals surface area contributed by atoms with E-state index in [4.69, 9.17) is 5.11 Å². The van der Waals surface area contributed by atoms with Gasteiger partial charge in [0.25, 0.3) is 0 Å². The van der Waals surface area contributed by atoms with Crippen LogP contribution in [-0.2, 0) is 22.4 Å². The number of carbonyl (C=O) groups is 2. The van der Waals surface area contributed by atoms with E-state index < -0.39 is 5.97 Å². The second-order valence-corrected chi connectivity index (χ2v) is 6.27. The summed E-state index contributed by atoms with van der Waals surface area (Å²) in [6, 6.07) is 15.4. The summed E-state index contributed by atoms with van der Waals surface area (Å²) in [5.41, 5.74) is 3.84. The quantitative estimate of drug-likeness (QED) is 0.880. The zero-order chi connectivity index (χ0) is 16.9. The topological polar surface area (TPSA) is 66.4 Å². The summed E-state index contributed by atoms with van der Waals surface area (Å²) in [5, 5.41) is 11.9. The number of rotatable bonds is 5. The van der Waals surface area contributed by atoms with Gasteiger partial charge in [0.1, 0.15) is 0 Å². The first-order valence-electron chi connectivity index (χ1n) is 8.31. The highest BCUT2D eigenvalue weighted by Gasteiger charge is 2.22. The number of carboxylic acids is 1. The van der Waals surface area contributed by atoms with Crippen molar-refractivity contribution >= 4 is 17.6 Å². The van der Waals surface area contributed by atoms with Gasteiger partial charge in [-0.15, -0.1) is 0 Å². The molecule has 1 unspecified atom stereocenters. The minimum atomic E-state index is -0.905. The number of carbonyl (C=O) groups excluding carboxylic acids is 1. The number of para-hydroxylation sites is 1. The molecule has 0 saturated carbocycles. The molecule has 124 valence electrons. The molecule has 2 N–H and O–H groups in total. The Balaban J connectivity index is 1.70. The molecule has 0 radical (unpaired) electrons. The number of fused-ring (bicyclic) bond motifs is 1. The van der Waals surface area contributed by atoms with Gasteiger partial charge in [-0.2, -0.15) is 0 Å². The van der Waals surface area contributed by atoms with Crippen molar-refractivity contribution < 1.29 is 14.7 Å². The van der Waals surface area contributed by atoms with Crippen LogP contribution in [-0.4, -0.2) is 17.0 Å². The Kier molecular flexibility index (Phi) is 4.94. The summed E-state index contributed by atoms with van der Waals surface area (Å²) in [5.74, 6) is -0.728. The van der Waals surface area contributed by atoms with E-state index in [0.717, 1.165) is 19.3 Å². The molecular formula is C20H21NO3. The number of nitrogens with one attached hydrogen (secondary N) is 1. The van der Waals surface area contributed by atoms with Gasteiger partial charge >= 0.3 is 5.97 Å². The van der Waals surface area contributed by atoms with Gasteiger partial charge in [-0.3, -0.25) is 9.59 Å². The SMILES string of the molecule is O=C(O)Cc1ccccc1NC(=O)CC1CCCc2ccccc21. The fourth-order valence-corrected chi connectivity index (χ4v) is 3.45. The summed E-state index contributed by atoms with van der Waals surface area (Å²) in [6.07, 6.45) is 3.53. The predicted octanol–water partition coefficient (Wildman–Crippen LogP) is 3.76. The first kappa shape index (κ1) is 16.2. The van der Waals surface area contributed by atoms with Gasteiger partial charge in [-0.05, 0) is 47.9 Å². The van der Waals surface area contributed by atoms with Crippen LogP contribution in [0, 0.1) is 0 Å². The molecule has 1 aliphatic carbocycles. The number of hydrogen-bond donors (Lipinski definition) is 2. The fourth-order valence-electron chi connectivity index (χ4n) is 3.45. The second kappa shape index (κ2) is 7.30. The Bertz CT molecular complexity index is 754. The van der Waals surface area contributed by atoms with Crippen LogP contribution >= 0.6 is 0 Å². The van der Waals surface area contributed by atoms with E-state index in [1.165, 1.54) is 11.1 Å². The normalized spacial score (nSPS) is 16.2. The molecule has 0 fully saturated rings. The Morgan fingerprint density at radius 3 is 2.67 bits per heavy atom. The van der Waals surface area contributed by atoms with Gasteiger partial charge in [0.2, 0.25) is 5.91 Å². The zero-order valence-corrected chi connectivity index (χ0v) is 13.5. The Morgan fingerprint density at radius 1 is 1.08 bits per heavy atom. The molecule has 0 heterocycles. The summed E-state index contributed by atoms with van der Waals surface area (Å²) in [7, 11) is 0. The molecular weight excluding hydrogens is 302 g/mol. The largest absolute Gasteiger partial charge is 0.481 e. The van der Waals surface area contributed by atoms with Crippen molar-refractivity contribution in [2.24, 2.45) is 0 Å². The third-order valence-corrected chi connectivity index (χ3v) is 4.56. The van der Waals surface area contributed by atoms with Crippen molar-refractivity contribution in [2.45, 2.75) is 38.0 Å². The van der Waals surface area contributed by atoms with Gasteiger partial charge in [0, 0.05) is 12.1 Å². The fraction of sp³-hybridized carbons (Fsp3) is 0.300. The van der Waals surface area contributed by atoms with Crippen LogP contribution < -0.4 is 5.32 Å². The number of hydrogen-bond acceptors (Lipinski definition) is 2. The number of aliphatic carboxylic acids is 1. The standard InChI is InChI=1S/C20H21NO3/c22-19(21-18-11-4-2-7-16(18)13-20(23)24)12-15-9-5-8-14-6-1-3-10-17(14)15/h1-4,6-7,10-11,15H,5,8-9,12-13H2,(H,21,22)(H,23,24). The van der Waals surface area contributed by atoms with Crippen molar-refractivity contribution in [3.8, 4) is 0 Å². The van der Waals surface area contributed by atoms with Gasteiger partial charge in [-0.25, -0.2) is 0 Å². The van der Waals surface area contributed by atoms with E-state index in [1.807, 2.05) is 12.1 Å². The highest BCUT2D eigenvalue weighted by molar-refractivity contribution is 5.92. The lowest BCUT2D eigenvalue weighted by Gasteiger charge is -2.25. The van der Waals surface area contributed by atoms with Crippen LogP contribution in [0.4, 0.5) is 5.69 Å². The molecule has 1 aliphatic rings. The third-order valence-electron chi connectivity index (χ3n) is 4.56. The van der Waals surface area contributed by atoms with Gasteiger partial charge in [0.15, 0.2) is 0 Å². The monoisotopic (exact) mass is 323 g/mol. The molecule has 0 spiro atoms. The van der Waals surface area contributed by atoms with Gasteiger partial charge < -0.3 is 10.4 Å². The number of anilines is 1. The van der Waals surface area contributed by atoms with Crippen LogP contribution in [0.1, 0.15) is 41.9 Å². The van der Waals surface area contributed by atoms with E-state index >= 15 is 0 Å². The Labute approximate surface area is 141 Å². The van der Waals surface area contributed by atoms with Crippen molar-refractivity contribution in [3.63, 3.8) is 0 Å². The minimum absolute atomic E-state index is 0.0606. The second-order valence-electron chi connectivity index (χ2n) is 6.27. The van der Waals surface area contributed by atoms with Crippen molar-refractivity contribution in [3.05, 3.63) is 65.2 Å². The van der Waals surface area contributed by atoms with Gasteiger partial charge in [0.05, 0.1) is 6.42 Å². The maximum absolute atomic E-state index is 12.5. The Morgan fingerprint density at radius 2 is 1.83 bits per heavy atom. The van der Waals surface area contributed by atoms with Crippen LogP contribution in [0.25, 0.3) is 0 Å². The Hall–Kier alpha value is -2.62. The average Bonchev–Trinajstić information content (AvgIpc) is 2.56. The molecule has 4 nitrogen and oxygen atoms in total.